The third-order valence-electron chi connectivity index (χ3n) is 2.96. The van der Waals surface area contributed by atoms with Crippen molar-refractivity contribution in [2.75, 3.05) is 32.1 Å². The average Bonchev–Trinajstić information content (AvgIpc) is 2.66. The van der Waals surface area contributed by atoms with E-state index in [2.05, 4.69) is 10.3 Å². The first-order valence-electron chi connectivity index (χ1n) is 5.64. The number of hydrogen-bond acceptors (Lipinski definition) is 5. The van der Waals surface area contributed by atoms with Gasteiger partial charge in [-0.3, -0.25) is 0 Å². The first kappa shape index (κ1) is 11.8. The lowest BCUT2D eigenvalue weighted by atomic mass is 9.89. The van der Waals surface area contributed by atoms with E-state index in [0.29, 0.717) is 0 Å². The minimum atomic E-state index is -0.526. The summed E-state index contributed by atoms with van der Waals surface area (Å²) in [5.41, 5.74) is -0.526. The van der Waals surface area contributed by atoms with Crippen LogP contribution in [0.3, 0.4) is 0 Å². The van der Waals surface area contributed by atoms with Crippen molar-refractivity contribution in [1.29, 1.82) is 0 Å². The Kier molecular flexibility index (Phi) is 3.47. The van der Waals surface area contributed by atoms with E-state index in [4.69, 9.17) is 0 Å². The van der Waals surface area contributed by atoms with E-state index in [-0.39, 0.29) is 0 Å². The molecule has 0 spiro atoms. The standard InChI is InChI=1S/C11H19N3OS/c1-14(2)10-13-8-9(16-10)7-11(15)3-5-12-6-4-11/h8,12,15H,3-7H2,1-2H3. The number of nitrogens with one attached hydrogen (secondary N) is 1. The van der Waals surface area contributed by atoms with Crippen molar-refractivity contribution in [2.45, 2.75) is 24.9 Å². The molecule has 1 aromatic rings. The number of rotatable bonds is 3. The summed E-state index contributed by atoms with van der Waals surface area (Å²) in [7, 11) is 3.98. The molecule has 1 saturated heterocycles. The van der Waals surface area contributed by atoms with Crippen LogP contribution in [0.1, 0.15) is 17.7 Å². The monoisotopic (exact) mass is 241 g/mol. The Balaban J connectivity index is 2.02. The zero-order chi connectivity index (χ0) is 11.6. The highest BCUT2D eigenvalue weighted by Gasteiger charge is 2.30. The fourth-order valence-electron chi connectivity index (χ4n) is 1.98. The molecule has 4 nitrogen and oxygen atoms in total. The second-order valence-electron chi connectivity index (χ2n) is 4.65. The van der Waals surface area contributed by atoms with Gasteiger partial charge in [0.05, 0.1) is 5.60 Å². The van der Waals surface area contributed by atoms with Gasteiger partial charge in [0.2, 0.25) is 0 Å². The van der Waals surface area contributed by atoms with Gasteiger partial charge < -0.3 is 15.3 Å². The summed E-state index contributed by atoms with van der Waals surface area (Å²) in [6.07, 6.45) is 4.30. The summed E-state index contributed by atoms with van der Waals surface area (Å²) >= 11 is 1.67. The molecule has 2 rings (SSSR count). The van der Waals surface area contributed by atoms with Crippen LogP contribution in [0.4, 0.5) is 5.13 Å². The Morgan fingerprint density at radius 2 is 2.19 bits per heavy atom. The van der Waals surface area contributed by atoms with Crippen LogP contribution >= 0.6 is 11.3 Å². The summed E-state index contributed by atoms with van der Waals surface area (Å²) in [5.74, 6) is 0. The van der Waals surface area contributed by atoms with E-state index in [1.165, 1.54) is 4.88 Å². The third kappa shape index (κ3) is 2.72. The molecule has 0 amide bonds. The number of piperidine rings is 1. The van der Waals surface area contributed by atoms with Crippen LogP contribution in [0.25, 0.3) is 0 Å². The summed E-state index contributed by atoms with van der Waals surface area (Å²) < 4.78 is 0. The van der Waals surface area contributed by atoms with E-state index in [1.54, 1.807) is 11.3 Å². The number of aliphatic hydroxyl groups is 1. The van der Waals surface area contributed by atoms with Crippen LogP contribution in [0.15, 0.2) is 6.20 Å². The minimum Gasteiger partial charge on any atom is -0.389 e. The lowest BCUT2D eigenvalue weighted by Crippen LogP contribution is -2.43. The molecule has 0 atom stereocenters. The van der Waals surface area contributed by atoms with E-state index < -0.39 is 5.60 Å². The second kappa shape index (κ2) is 4.69. The topological polar surface area (TPSA) is 48.4 Å². The first-order valence-corrected chi connectivity index (χ1v) is 6.46. The highest BCUT2D eigenvalue weighted by atomic mass is 32.1. The molecule has 16 heavy (non-hydrogen) atoms. The first-order chi connectivity index (χ1) is 7.59. The maximum atomic E-state index is 10.4. The molecule has 1 aromatic heterocycles. The van der Waals surface area contributed by atoms with Gasteiger partial charge in [0, 0.05) is 31.6 Å². The minimum absolute atomic E-state index is 0.526. The van der Waals surface area contributed by atoms with Crippen molar-refractivity contribution in [3.8, 4) is 0 Å². The molecular weight excluding hydrogens is 222 g/mol. The van der Waals surface area contributed by atoms with Gasteiger partial charge in [-0.1, -0.05) is 0 Å². The van der Waals surface area contributed by atoms with Crippen molar-refractivity contribution < 1.29 is 5.11 Å². The zero-order valence-corrected chi connectivity index (χ0v) is 10.7. The third-order valence-corrected chi connectivity index (χ3v) is 4.13. The highest BCUT2D eigenvalue weighted by molar-refractivity contribution is 7.15. The summed E-state index contributed by atoms with van der Waals surface area (Å²) in [4.78, 5) is 7.50. The van der Waals surface area contributed by atoms with Gasteiger partial charge in [-0.25, -0.2) is 4.98 Å². The quantitative estimate of drug-likeness (QED) is 0.824. The SMILES string of the molecule is CN(C)c1ncc(CC2(O)CCNCC2)s1. The largest absolute Gasteiger partial charge is 0.389 e. The lowest BCUT2D eigenvalue weighted by molar-refractivity contribution is 0.0115. The van der Waals surface area contributed by atoms with Gasteiger partial charge in [-0.05, 0) is 25.9 Å². The molecule has 1 aliphatic rings. The number of anilines is 1. The van der Waals surface area contributed by atoms with Crippen molar-refractivity contribution in [3.05, 3.63) is 11.1 Å². The Bertz CT molecular complexity index is 345. The Morgan fingerprint density at radius 3 is 2.75 bits per heavy atom. The fourth-order valence-corrected chi connectivity index (χ4v) is 2.95. The predicted octanol–water partition coefficient (Wildman–Crippen LogP) is 0.866. The van der Waals surface area contributed by atoms with Crippen LogP contribution < -0.4 is 10.2 Å². The summed E-state index contributed by atoms with van der Waals surface area (Å²) in [6, 6.07) is 0. The van der Waals surface area contributed by atoms with Gasteiger partial charge in [-0.15, -0.1) is 11.3 Å². The van der Waals surface area contributed by atoms with Crippen LogP contribution in [-0.2, 0) is 6.42 Å². The Labute approximate surface area is 100 Å². The Morgan fingerprint density at radius 1 is 1.50 bits per heavy atom. The molecule has 0 unspecified atom stereocenters. The summed E-state index contributed by atoms with van der Waals surface area (Å²) in [5, 5.41) is 14.7. The van der Waals surface area contributed by atoms with Crippen LogP contribution in [0.5, 0.6) is 0 Å². The highest BCUT2D eigenvalue weighted by Crippen LogP contribution is 2.28. The van der Waals surface area contributed by atoms with Crippen LogP contribution in [0.2, 0.25) is 0 Å². The predicted molar refractivity (Wildman–Crippen MR) is 67.2 cm³/mol. The van der Waals surface area contributed by atoms with Crippen molar-refractivity contribution in [1.82, 2.24) is 10.3 Å². The van der Waals surface area contributed by atoms with Crippen molar-refractivity contribution >= 4 is 16.5 Å². The lowest BCUT2D eigenvalue weighted by Gasteiger charge is -2.32. The van der Waals surface area contributed by atoms with Gasteiger partial charge in [0.15, 0.2) is 5.13 Å². The number of thiazole rings is 1. The van der Waals surface area contributed by atoms with Crippen molar-refractivity contribution in [2.24, 2.45) is 0 Å². The maximum Gasteiger partial charge on any atom is 0.184 e. The van der Waals surface area contributed by atoms with Crippen molar-refractivity contribution in [3.63, 3.8) is 0 Å². The zero-order valence-electron chi connectivity index (χ0n) is 9.86. The van der Waals surface area contributed by atoms with E-state index in [9.17, 15) is 5.11 Å². The average molecular weight is 241 g/mol. The molecular formula is C11H19N3OS. The molecule has 0 saturated carbocycles. The smallest absolute Gasteiger partial charge is 0.184 e. The Hall–Kier alpha value is -0.650. The fraction of sp³-hybridized carbons (Fsp3) is 0.727. The van der Waals surface area contributed by atoms with Gasteiger partial charge in [0.25, 0.3) is 0 Å². The van der Waals surface area contributed by atoms with E-state index >= 15 is 0 Å². The van der Waals surface area contributed by atoms with Gasteiger partial charge in [0.1, 0.15) is 0 Å². The summed E-state index contributed by atoms with van der Waals surface area (Å²) in [6.45, 7) is 1.83. The van der Waals surface area contributed by atoms with Crippen LogP contribution in [-0.4, -0.2) is 42.9 Å². The van der Waals surface area contributed by atoms with Crippen LogP contribution in [0, 0.1) is 0 Å². The van der Waals surface area contributed by atoms with E-state index in [1.807, 2.05) is 25.2 Å². The number of nitrogens with zero attached hydrogens (tertiary/aromatic N) is 2. The number of aromatic nitrogens is 1. The van der Waals surface area contributed by atoms with E-state index in [0.717, 1.165) is 37.5 Å². The van der Waals surface area contributed by atoms with Gasteiger partial charge in [-0.2, -0.15) is 0 Å². The molecule has 1 fully saturated rings. The number of hydrogen-bond donors (Lipinski definition) is 2. The normalized spacial score (nSPS) is 19.7. The molecule has 5 heteroatoms. The molecule has 0 radical (unpaired) electrons. The molecule has 2 heterocycles. The second-order valence-corrected chi connectivity index (χ2v) is 5.75. The van der Waals surface area contributed by atoms with Gasteiger partial charge >= 0.3 is 0 Å². The molecule has 90 valence electrons. The molecule has 0 aromatic carbocycles. The maximum absolute atomic E-state index is 10.4. The molecule has 0 bridgehead atoms. The molecule has 0 aliphatic carbocycles. The molecule has 1 aliphatic heterocycles. The molecule has 2 N–H and O–H groups in total.